The fourth-order valence-electron chi connectivity index (χ4n) is 3.72. The van der Waals surface area contributed by atoms with Crippen LogP contribution < -0.4 is 5.32 Å². The zero-order valence-electron chi connectivity index (χ0n) is 10.9. The summed E-state index contributed by atoms with van der Waals surface area (Å²) in [6, 6.07) is 5.99. The van der Waals surface area contributed by atoms with Gasteiger partial charge in [-0.15, -0.1) is 0 Å². The molecule has 0 spiro atoms. The standard InChI is InChI=1S/C15H15BrN2OS/c16-10-3-4-12-13(7-10)20-15(17-12)18-14(19)11-6-8-1-2-9(11)5-8/h3-4,7-9,11H,1-2,5-6H2,(H,17,18,19)/t8-,9+,11-/m1/s1. The quantitative estimate of drug-likeness (QED) is 0.870. The van der Waals surface area contributed by atoms with Gasteiger partial charge in [-0.3, -0.25) is 4.79 Å². The molecule has 2 bridgehead atoms. The van der Waals surface area contributed by atoms with Crippen LogP contribution in [-0.4, -0.2) is 10.9 Å². The van der Waals surface area contributed by atoms with Gasteiger partial charge in [0.15, 0.2) is 5.13 Å². The number of amides is 1. The summed E-state index contributed by atoms with van der Waals surface area (Å²) >= 11 is 5.01. The lowest BCUT2D eigenvalue weighted by Gasteiger charge is -2.19. The Kier molecular flexibility index (Phi) is 3.07. The molecule has 2 aliphatic carbocycles. The van der Waals surface area contributed by atoms with Gasteiger partial charge >= 0.3 is 0 Å². The summed E-state index contributed by atoms with van der Waals surface area (Å²) in [5.74, 6) is 1.80. The van der Waals surface area contributed by atoms with E-state index in [0.717, 1.165) is 32.2 Å². The van der Waals surface area contributed by atoms with E-state index < -0.39 is 0 Å². The first-order chi connectivity index (χ1) is 9.69. The van der Waals surface area contributed by atoms with Crippen molar-refractivity contribution in [2.45, 2.75) is 25.7 Å². The minimum Gasteiger partial charge on any atom is -0.302 e. The average Bonchev–Trinajstić information content (AvgIpc) is 3.11. The third kappa shape index (κ3) is 2.17. The van der Waals surface area contributed by atoms with Crippen LogP contribution in [0.3, 0.4) is 0 Å². The number of thiazole rings is 1. The van der Waals surface area contributed by atoms with Crippen molar-refractivity contribution in [3.05, 3.63) is 22.7 Å². The van der Waals surface area contributed by atoms with E-state index in [1.807, 2.05) is 18.2 Å². The molecule has 1 aromatic carbocycles. The molecule has 3 nitrogen and oxygen atoms in total. The molecule has 2 aliphatic rings. The van der Waals surface area contributed by atoms with Gasteiger partial charge in [-0.05, 0) is 49.3 Å². The fourth-order valence-corrected chi connectivity index (χ4v) is 5.14. The molecule has 0 saturated heterocycles. The van der Waals surface area contributed by atoms with E-state index in [1.54, 1.807) is 11.3 Å². The van der Waals surface area contributed by atoms with Crippen LogP contribution in [-0.2, 0) is 4.79 Å². The average molecular weight is 351 g/mol. The van der Waals surface area contributed by atoms with E-state index in [-0.39, 0.29) is 11.8 Å². The van der Waals surface area contributed by atoms with Gasteiger partial charge < -0.3 is 5.32 Å². The molecule has 2 aromatic rings. The van der Waals surface area contributed by atoms with Crippen LogP contribution in [0.1, 0.15) is 25.7 Å². The molecule has 1 N–H and O–H groups in total. The molecule has 3 atom stereocenters. The first-order valence-electron chi connectivity index (χ1n) is 7.06. The predicted molar refractivity (Wildman–Crippen MR) is 84.9 cm³/mol. The highest BCUT2D eigenvalue weighted by atomic mass is 79.9. The maximum absolute atomic E-state index is 12.4. The third-order valence-electron chi connectivity index (χ3n) is 4.66. The molecule has 0 aliphatic heterocycles. The number of carbonyl (C=O) groups excluding carboxylic acids is 1. The van der Waals surface area contributed by atoms with Gasteiger partial charge in [0.25, 0.3) is 0 Å². The Balaban J connectivity index is 1.53. The first kappa shape index (κ1) is 12.8. The van der Waals surface area contributed by atoms with Crippen LogP contribution >= 0.6 is 27.3 Å². The van der Waals surface area contributed by atoms with Crippen LogP contribution in [0.2, 0.25) is 0 Å². The normalized spacial score (nSPS) is 28.1. The Labute approximate surface area is 129 Å². The van der Waals surface area contributed by atoms with Crippen LogP contribution in [0.4, 0.5) is 5.13 Å². The van der Waals surface area contributed by atoms with Crippen LogP contribution in [0.15, 0.2) is 22.7 Å². The number of hydrogen-bond acceptors (Lipinski definition) is 3. The molecule has 104 valence electrons. The maximum Gasteiger partial charge on any atom is 0.229 e. The monoisotopic (exact) mass is 350 g/mol. The molecule has 0 radical (unpaired) electrons. The molecule has 1 amide bonds. The number of halogens is 1. The molecule has 1 heterocycles. The van der Waals surface area contributed by atoms with E-state index >= 15 is 0 Å². The second kappa shape index (κ2) is 4.81. The van der Waals surface area contributed by atoms with Crippen LogP contribution in [0, 0.1) is 17.8 Å². The van der Waals surface area contributed by atoms with Gasteiger partial charge in [0, 0.05) is 10.4 Å². The minimum atomic E-state index is 0.176. The lowest BCUT2D eigenvalue weighted by molar-refractivity contribution is -0.121. The molecule has 2 fully saturated rings. The number of carbonyl (C=O) groups is 1. The second-order valence-electron chi connectivity index (χ2n) is 5.90. The summed E-state index contributed by atoms with van der Waals surface area (Å²) in [5.41, 5.74) is 0.946. The van der Waals surface area contributed by atoms with E-state index in [4.69, 9.17) is 0 Å². The van der Waals surface area contributed by atoms with Crippen molar-refractivity contribution in [2.24, 2.45) is 17.8 Å². The topological polar surface area (TPSA) is 42.0 Å². The van der Waals surface area contributed by atoms with Gasteiger partial charge in [-0.2, -0.15) is 0 Å². The van der Waals surface area contributed by atoms with Crippen molar-refractivity contribution in [2.75, 3.05) is 5.32 Å². The number of anilines is 1. The molecule has 20 heavy (non-hydrogen) atoms. The summed E-state index contributed by atoms with van der Waals surface area (Å²) in [7, 11) is 0. The number of benzene rings is 1. The molecular weight excluding hydrogens is 336 g/mol. The van der Waals surface area contributed by atoms with E-state index in [9.17, 15) is 4.79 Å². The lowest BCUT2D eigenvalue weighted by atomic mass is 9.88. The Morgan fingerprint density at radius 2 is 2.25 bits per heavy atom. The molecule has 2 saturated carbocycles. The SMILES string of the molecule is O=C(Nc1nc2ccc(Br)cc2s1)[C@@H]1C[C@@H]2CC[C@H]1C2. The van der Waals surface area contributed by atoms with Crippen molar-refractivity contribution in [1.82, 2.24) is 4.98 Å². The summed E-state index contributed by atoms with van der Waals surface area (Å²) in [6.07, 6.45) is 4.89. The molecule has 4 rings (SSSR count). The van der Waals surface area contributed by atoms with Gasteiger partial charge in [-0.1, -0.05) is 33.7 Å². The van der Waals surface area contributed by atoms with Crippen LogP contribution in [0.25, 0.3) is 10.2 Å². The van der Waals surface area contributed by atoms with E-state index in [0.29, 0.717) is 5.92 Å². The van der Waals surface area contributed by atoms with Gasteiger partial charge in [0.2, 0.25) is 5.91 Å². The van der Waals surface area contributed by atoms with Crippen molar-refractivity contribution in [3.8, 4) is 0 Å². The molecule has 0 unspecified atom stereocenters. The third-order valence-corrected chi connectivity index (χ3v) is 6.08. The Hall–Kier alpha value is -0.940. The van der Waals surface area contributed by atoms with Crippen molar-refractivity contribution in [1.29, 1.82) is 0 Å². The Bertz CT molecular complexity index is 684. The first-order valence-corrected chi connectivity index (χ1v) is 8.67. The fraction of sp³-hybridized carbons (Fsp3) is 0.467. The van der Waals surface area contributed by atoms with E-state index in [1.165, 1.54) is 19.3 Å². The number of nitrogens with one attached hydrogen (secondary N) is 1. The summed E-state index contributed by atoms with van der Waals surface area (Å²) < 4.78 is 2.14. The number of fused-ring (bicyclic) bond motifs is 3. The van der Waals surface area contributed by atoms with Crippen molar-refractivity contribution >= 4 is 48.5 Å². The molecule has 1 aromatic heterocycles. The number of hydrogen-bond donors (Lipinski definition) is 1. The zero-order valence-corrected chi connectivity index (χ0v) is 13.3. The smallest absolute Gasteiger partial charge is 0.229 e. The van der Waals surface area contributed by atoms with Gasteiger partial charge in [0.05, 0.1) is 10.2 Å². The molecule has 5 heteroatoms. The lowest BCUT2D eigenvalue weighted by Crippen LogP contribution is -2.27. The summed E-state index contributed by atoms with van der Waals surface area (Å²) in [6.45, 7) is 0. The van der Waals surface area contributed by atoms with E-state index in [2.05, 4.69) is 26.2 Å². The van der Waals surface area contributed by atoms with Gasteiger partial charge in [-0.25, -0.2) is 4.98 Å². The second-order valence-corrected chi connectivity index (χ2v) is 7.85. The van der Waals surface area contributed by atoms with Crippen molar-refractivity contribution < 1.29 is 4.79 Å². The highest BCUT2D eigenvalue weighted by Gasteiger charge is 2.43. The Morgan fingerprint density at radius 1 is 1.35 bits per heavy atom. The van der Waals surface area contributed by atoms with Crippen LogP contribution in [0.5, 0.6) is 0 Å². The zero-order chi connectivity index (χ0) is 13.7. The predicted octanol–water partition coefficient (Wildman–Crippen LogP) is 4.43. The summed E-state index contributed by atoms with van der Waals surface area (Å²) in [5, 5.41) is 3.76. The summed E-state index contributed by atoms with van der Waals surface area (Å²) in [4.78, 5) is 16.9. The number of rotatable bonds is 2. The highest BCUT2D eigenvalue weighted by Crippen LogP contribution is 2.48. The number of nitrogens with zero attached hydrogens (tertiary/aromatic N) is 1. The maximum atomic E-state index is 12.4. The minimum absolute atomic E-state index is 0.176. The Morgan fingerprint density at radius 3 is 3.00 bits per heavy atom. The molecular formula is C15H15BrN2OS. The largest absolute Gasteiger partial charge is 0.302 e. The highest BCUT2D eigenvalue weighted by molar-refractivity contribution is 9.10. The number of aromatic nitrogens is 1. The van der Waals surface area contributed by atoms with Crippen molar-refractivity contribution in [3.63, 3.8) is 0 Å². The van der Waals surface area contributed by atoms with Gasteiger partial charge in [0.1, 0.15) is 0 Å².